The zero-order valence-electron chi connectivity index (χ0n) is 18.9. The highest BCUT2D eigenvalue weighted by Gasteiger charge is 2.26. The number of carbonyl (C=O) groups excluding carboxylic acids is 2. The van der Waals surface area contributed by atoms with E-state index in [-0.39, 0.29) is 12.2 Å². The third kappa shape index (κ3) is 5.13. The molecule has 9 heteroatoms. The van der Waals surface area contributed by atoms with E-state index in [1.807, 2.05) is 24.4 Å². The van der Waals surface area contributed by atoms with Crippen LogP contribution in [0.4, 0.5) is 5.00 Å². The van der Waals surface area contributed by atoms with Crippen molar-refractivity contribution in [3.63, 3.8) is 0 Å². The summed E-state index contributed by atoms with van der Waals surface area (Å²) in [5.41, 5.74) is 5.14. The van der Waals surface area contributed by atoms with Gasteiger partial charge in [-0.25, -0.2) is 14.6 Å². The van der Waals surface area contributed by atoms with E-state index >= 15 is 0 Å². The molecule has 0 atom stereocenters. The molecule has 2 aromatic heterocycles. The van der Waals surface area contributed by atoms with Gasteiger partial charge in [-0.2, -0.15) is 5.26 Å². The lowest BCUT2D eigenvalue weighted by molar-refractivity contribution is 0.0527. The quantitative estimate of drug-likeness (QED) is 0.339. The monoisotopic (exact) mass is 481 g/mol. The van der Waals surface area contributed by atoms with Gasteiger partial charge in [-0.05, 0) is 50.5 Å². The smallest absolute Gasteiger partial charge is 0.348 e. The van der Waals surface area contributed by atoms with Crippen LogP contribution in [0.2, 0.25) is 0 Å². The second-order valence-corrected chi connectivity index (χ2v) is 9.00. The predicted octanol–water partition coefficient (Wildman–Crippen LogP) is 5.74. The van der Waals surface area contributed by atoms with Gasteiger partial charge in [0.25, 0.3) is 0 Å². The van der Waals surface area contributed by atoms with E-state index in [1.165, 1.54) is 35.8 Å². The predicted molar refractivity (Wildman–Crippen MR) is 131 cm³/mol. The number of carbonyl (C=O) groups is 2. The number of thiophene rings is 1. The Morgan fingerprint density at radius 3 is 2.61 bits per heavy atom. The molecule has 3 aromatic rings. The summed E-state index contributed by atoms with van der Waals surface area (Å²) in [5.74, 6) is -1.10. The van der Waals surface area contributed by atoms with Crippen molar-refractivity contribution in [1.82, 2.24) is 4.98 Å². The lowest BCUT2D eigenvalue weighted by Crippen LogP contribution is -2.08. The number of nitrogens with one attached hydrogen (secondary N) is 1. The van der Waals surface area contributed by atoms with Crippen molar-refractivity contribution in [2.45, 2.75) is 27.7 Å². The van der Waals surface area contributed by atoms with E-state index in [4.69, 9.17) is 9.47 Å². The zero-order valence-corrected chi connectivity index (χ0v) is 20.6. The maximum Gasteiger partial charge on any atom is 0.348 e. The lowest BCUT2D eigenvalue weighted by atomic mass is 10.1. The number of thiazole rings is 1. The first-order valence-electron chi connectivity index (χ1n) is 10.1. The number of nitriles is 1. The van der Waals surface area contributed by atoms with E-state index in [0.29, 0.717) is 26.0 Å². The van der Waals surface area contributed by atoms with Crippen molar-refractivity contribution in [2.24, 2.45) is 0 Å². The van der Waals surface area contributed by atoms with Crippen molar-refractivity contribution < 1.29 is 19.1 Å². The number of aromatic nitrogens is 1. The van der Waals surface area contributed by atoms with Gasteiger partial charge in [0.05, 0.1) is 25.0 Å². The number of anilines is 1. The van der Waals surface area contributed by atoms with Crippen LogP contribution in [0.25, 0.3) is 16.8 Å². The number of hydrogen-bond acceptors (Lipinski definition) is 9. The fourth-order valence-electron chi connectivity index (χ4n) is 3.06. The fraction of sp³-hybridized carbons (Fsp3) is 0.250. The van der Waals surface area contributed by atoms with E-state index in [9.17, 15) is 14.9 Å². The molecule has 0 amide bonds. The van der Waals surface area contributed by atoms with Crippen LogP contribution in [-0.4, -0.2) is 30.6 Å². The number of aryl methyl sites for hydroxylation is 2. The average molecular weight is 482 g/mol. The van der Waals surface area contributed by atoms with E-state index in [2.05, 4.69) is 29.4 Å². The van der Waals surface area contributed by atoms with Crippen LogP contribution in [0, 0.1) is 32.1 Å². The summed E-state index contributed by atoms with van der Waals surface area (Å²) < 4.78 is 9.96. The number of esters is 2. The van der Waals surface area contributed by atoms with E-state index < -0.39 is 11.9 Å². The van der Waals surface area contributed by atoms with Gasteiger partial charge in [-0.15, -0.1) is 22.7 Å². The van der Waals surface area contributed by atoms with Gasteiger partial charge in [-0.1, -0.05) is 12.1 Å². The van der Waals surface area contributed by atoms with Gasteiger partial charge >= 0.3 is 11.9 Å². The zero-order chi connectivity index (χ0) is 24.1. The summed E-state index contributed by atoms with van der Waals surface area (Å²) in [6.45, 7) is 7.66. The minimum absolute atomic E-state index is 0.195. The Bertz CT molecular complexity index is 1280. The minimum atomic E-state index is -0.554. The molecular weight excluding hydrogens is 458 g/mol. The van der Waals surface area contributed by atoms with Gasteiger partial charge in [0, 0.05) is 17.1 Å². The second kappa shape index (κ2) is 10.4. The van der Waals surface area contributed by atoms with Gasteiger partial charge < -0.3 is 14.8 Å². The molecule has 0 bridgehead atoms. The summed E-state index contributed by atoms with van der Waals surface area (Å²) in [4.78, 5) is 29.5. The number of methoxy groups -OCH3 is 1. The standard InChI is InChI=1S/C24H23N3O4S2/c1-6-31-23(28)19-15(4)20(24(29)30-5)33-22(19)26-11-17(10-25)21-27-18(12-32-21)16-8-7-13(2)14(3)9-16/h7-9,11-12,26H,6H2,1-5H3. The molecule has 0 radical (unpaired) electrons. The Balaban J connectivity index is 1.94. The minimum Gasteiger partial charge on any atom is -0.465 e. The normalized spacial score (nSPS) is 11.1. The Morgan fingerprint density at radius 1 is 1.21 bits per heavy atom. The number of ether oxygens (including phenoxy) is 2. The molecule has 0 aliphatic carbocycles. The number of benzene rings is 1. The van der Waals surface area contributed by atoms with Crippen molar-refractivity contribution in [3.8, 4) is 17.3 Å². The first kappa shape index (κ1) is 24.2. The lowest BCUT2D eigenvalue weighted by Gasteiger charge is -2.05. The molecule has 1 N–H and O–H groups in total. The van der Waals surface area contributed by atoms with Crippen LogP contribution < -0.4 is 5.32 Å². The highest BCUT2D eigenvalue weighted by Crippen LogP contribution is 2.35. The maximum absolute atomic E-state index is 12.5. The first-order chi connectivity index (χ1) is 15.8. The highest BCUT2D eigenvalue weighted by molar-refractivity contribution is 7.18. The molecule has 0 unspecified atom stereocenters. The van der Waals surface area contributed by atoms with Crippen molar-refractivity contribution in [2.75, 3.05) is 19.0 Å². The summed E-state index contributed by atoms with van der Waals surface area (Å²) in [7, 11) is 1.28. The molecule has 0 aliphatic heterocycles. The molecule has 3 rings (SSSR count). The van der Waals surface area contributed by atoms with E-state index in [0.717, 1.165) is 22.6 Å². The molecule has 7 nitrogen and oxygen atoms in total. The number of hydrogen-bond donors (Lipinski definition) is 1. The number of rotatable bonds is 7. The van der Waals surface area contributed by atoms with Gasteiger partial charge in [0.1, 0.15) is 26.5 Å². The molecule has 0 saturated carbocycles. The highest BCUT2D eigenvalue weighted by atomic mass is 32.1. The summed E-state index contributed by atoms with van der Waals surface area (Å²) in [6, 6.07) is 8.26. The Hall–Kier alpha value is -3.48. The second-order valence-electron chi connectivity index (χ2n) is 7.12. The molecule has 1 aromatic carbocycles. The molecule has 0 spiro atoms. The molecule has 0 fully saturated rings. The average Bonchev–Trinajstić information content (AvgIpc) is 3.41. The number of allylic oxidation sites excluding steroid dienone is 1. The molecule has 0 saturated heterocycles. The molecule has 170 valence electrons. The molecule has 0 aliphatic rings. The molecule has 2 heterocycles. The Morgan fingerprint density at radius 2 is 1.97 bits per heavy atom. The summed E-state index contributed by atoms with van der Waals surface area (Å²) >= 11 is 2.42. The summed E-state index contributed by atoms with van der Waals surface area (Å²) in [5, 5.41) is 15.5. The van der Waals surface area contributed by atoms with Gasteiger partial charge in [0.2, 0.25) is 0 Å². The van der Waals surface area contributed by atoms with Gasteiger partial charge in [-0.3, -0.25) is 0 Å². The number of nitrogens with zero attached hydrogens (tertiary/aromatic N) is 2. The Kier molecular flexibility index (Phi) is 7.63. The van der Waals surface area contributed by atoms with Crippen molar-refractivity contribution in [1.29, 1.82) is 5.26 Å². The van der Waals surface area contributed by atoms with E-state index in [1.54, 1.807) is 13.8 Å². The first-order valence-corrected chi connectivity index (χ1v) is 11.8. The van der Waals surface area contributed by atoms with Crippen LogP contribution in [0.1, 0.15) is 48.7 Å². The largest absolute Gasteiger partial charge is 0.465 e. The third-order valence-corrected chi connectivity index (χ3v) is 7.08. The van der Waals surface area contributed by atoms with Crippen LogP contribution in [0.15, 0.2) is 29.8 Å². The van der Waals surface area contributed by atoms with Crippen LogP contribution >= 0.6 is 22.7 Å². The van der Waals surface area contributed by atoms with Crippen molar-refractivity contribution >= 4 is 45.2 Å². The molecule has 33 heavy (non-hydrogen) atoms. The van der Waals surface area contributed by atoms with Crippen LogP contribution in [0.3, 0.4) is 0 Å². The third-order valence-electron chi connectivity index (χ3n) is 5.00. The van der Waals surface area contributed by atoms with Gasteiger partial charge in [0.15, 0.2) is 0 Å². The van der Waals surface area contributed by atoms with Crippen LogP contribution in [0.5, 0.6) is 0 Å². The fourth-order valence-corrected chi connectivity index (χ4v) is 4.94. The maximum atomic E-state index is 12.5. The van der Waals surface area contributed by atoms with Crippen LogP contribution in [-0.2, 0) is 9.47 Å². The summed E-state index contributed by atoms with van der Waals surface area (Å²) in [6.07, 6.45) is 1.48. The van der Waals surface area contributed by atoms with Crippen molar-refractivity contribution in [3.05, 3.63) is 61.9 Å². The SMILES string of the molecule is CCOC(=O)c1c(NC=C(C#N)c2nc(-c3ccc(C)c(C)c3)cs2)sc(C(=O)OC)c1C. The topological polar surface area (TPSA) is 101 Å². The Labute approximate surface area is 200 Å². The molecular formula is C24H23N3O4S2.